The Labute approximate surface area is 256 Å². The van der Waals surface area contributed by atoms with Crippen LogP contribution in [0, 0.1) is 5.92 Å². The first-order valence-corrected chi connectivity index (χ1v) is 14.8. The lowest BCUT2D eigenvalue weighted by atomic mass is 9.62. The summed E-state index contributed by atoms with van der Waals surface area (Å²) in [6, 6.07) is 27.7. The van der Waals surface area contributed by atoms with Crippen LogP contribution in [0.15, 0.2) is 103 Å². The Morgan fingerprint density at radius 2 is 1.45 bits per heavy atom. The number of nitrogens with one attached hydrogen (secondary N) is 1. The Kier molecular flexibility index (Phi) is 6.61. The number of fused-ring (bicyclic) bond motifs is 6. The molecule has 1 amide bonds. The summed E-state index contributed by atoms with van der Waals surface area (Å²) < 4.78 is 11.2. The van der Waals surface area contributed by atoms with Crippen molar-refractivity contribution in [2.45, 2.75) is 37.5 Å². The van der Waals surface area contributed by atoms with Gasteiger partial charge in [-0.3, -0.25) is 14.4 Å². The van der Waals surface area contributed by atoms with Crippen LogP contribution in [-0.2, 0) is 10.2 Å². The van der Waals surface area contributed by atoms with Gasteiger partial charge in [-0.2, -0.15) is 0 Å². The number of anilines is 1. The van der Waals surface area contributed by atoms with Crippen LogP contribution in [0.25, 0.3) is 6.08 Å². The topological polar surface area (TPSA) is 84.9 Å². The Balaban J connectivity index is 1.46. The van der Waals surface area contributed by atoms with Crippen molar-refractivity contribution in [3.63, 3.8) is 0 Å². The molecule has 4 unspecified atom stereocenters. The molecule has 0 aromatic heterocycles. The lowest BCUT2D eigenvalue weighted by molar-refractivity contribution is -0.122. The number of nitrogens with zero attached hydrogens (tertiary/aromatic N) is 1. The lowest BCUT2D eigenvalue weighted by Gasteiger charge is -2.38. The van der Waals surface area contributed by atoms with Gasteiger partial charge >= 0.3 is 0 Å². The van der Waals surface area contributed by atoms with E-state index in [-0.39, 0.29) is 23.6 Å². The molecule has 1 N–H and O–H groups in total. The summed E-state index contributed by atoms with van der Waals surface area (Å²) >= 11 is 0. The van der Waals surface area contributed by atoms with Crippen LogP contribution in [0.1, 0.15) is 57.3 Å². The van der Waals surface area contributed by atoms with Gasteiger partial charge < -0.3 is 19.7 Å². The maximum absolute atomic E-state index is 14.9. The smallest absolute Gasteiger partial charge is 0.238 e. The third-order valence-electron chi connectivity index (χ3n) is 9.01. The van der Waals surface area contributed by atoms with Gasteiger partial charge in [0, 0.05) is 23.0 Å². The molecule has 1 spiro atoms. The zero-order chi connectivity index (χ0) is 30.6. The second-order valence-electron chi connectivity index (χ2n) is 11.7. The molecular formula is C37H32N2O5. The molecule has 0 bridgehead atoms. The summed E-state index contributed by atoms with van der Waals surface area (Å²) in [6.45, 7) is 3.88. The predicted octanol–water partition coefficient (Wildman–Crippen LogP) is 6.46. The number of methoxy groups -OCH3 is 1. The van der Waals surface area contributed by atoms with Gasteiger partial charge in [-0.05, 0) is 91.2 Å². The van der Waals surface area contributed by atoms with Crippen LogP contribution < -0.4 is 14.8 Å². The van der Waals surface area contributed by atoms with Gasteiger partial charge in [0.25, 0.3) is 0 Å². The van der Waals surface area contributed by atoms with Crippen molar-refractivity contribution < 1.29 is 23.9 Å². The van der Waals surface area contributed by atoms with Crippen LogP contribution in [-0.4, -0.2) is 41.6 Å². The summed E-state index contributed by atoms with van der Waals surface area (Å²) in [7, 11) is 1.57. The van der Waals surface area contributed by atoms with Gasteiger partial charge in [-0.25, -0.2) is 0 Å². The van der Waals surface area contributed by atoms with Crippen molar-refractivity contribution in [3.8, 4) is 11.5 Å². The second kappa shape index (κ2) is 10.5. The maximum atomic E-state index is 14.9. The molecule has 220 valence electrons. The minimum absolute atomic E-state index is 0.0157. The molecule has 7 heteroatoms. The van der Waals surface area contributed by atoms with Crippen molar-refractivity contribution in [1.82, 2.24) is 4.90 Å². The minimum atomic E-state index is -1.38. The number of carbonyl (C=O) groups is 3. The predicted molar refractivity (Wildman–Crippen MR) is 168 cm³/mol. The van der Waals surface area contributed by atoms with E-state index in [1.807, 2.05) is 79.6 Å². The number of ketones is 2. The van der Waals surface area contributed by atoms with Crippen molar-refractivity contribution >= 4 is 29.2 Å². The van der Waals surface area contributed by atoms with Gasteiger partial charge in [0.2, 0.25) is 5.91 Å². The zero-order valence-electron chi connectivity index (χ0n) is 24.7. The van der Waals surface area contributed by atoms with Gasteiger partial charge in [0.15, 0.2) is 11.6 Å². The fraction of sp³-hybridized carbons (Fsp3) is 0.216. The highest BCUT2D eigenvalue weighted by atomic mass is 16.5. The quantitative estimate of drug-likeness (QED) is 0.251. The van der Waals surface area contributed by atoms with Crippen molar-refractivity contribution in [2.24, 2.45) is 5.92 Å². The highest BCUT2D eigenvalue weighted by Gasteiger charge is 2.70. The number of hydrogen-bond donors (Lipinski definition) is 1. The molecular weight excluding hydrogens is 552 g/mol. The van der Waals surface area contributed by atoms with Crippen LogP contribution in [0.4, 0.5) is 5.69 Å². The van der Waals surface area contributed by atoms with Crippen LogP contribution in [0.2, 0.25) is 0 Å². The molecule has 7 rings (SSSR count). The molecule has 0 saturated carbocycles. The Hall–Kier alpha value is -5.17. The normalized spacial score (nSPS) is 22.8. The summed E-state index contributed by atoms with van der Waals surface area (Å²) in [5.41, 5.74) is 2.68. The summed E-state index contributed by atoms with van der Waals surface area (Å²) in [6.07, 6.45) is 3.82. The number of amides is 1. The monoisotopic (exact) mass is 584 g/mol. The van der Waals surface area contributed by atoms with E-state index in [4.69, 9.17) is 9.47 Å². The first-order valence-electron chi connectivity index (χ1n) is 14.8. The van der Waals surface area contributed by atoms with E-state index in [9.17, 15) is 14.4 Å². The number of carbonyl (C=O) groups excluding carboxylic acids is 3. The van der Waals surface area contributed by atoms with Gasteiger partial charge in [0.05, 0.1) is 25.2 Å². The number of hydrogen-bond acceptors (Lipinski definition) is 6. The third-order valence-corrected chi connectivity index (χ3v) is 9.01. The van der Waals surface area contributed by atoms with E-state index >= 15 is 0 Å². The first kappa shape index (κ1) is 27.7. The van der Waals surface area contributed by atoms with Gasteiger partial charge in [-0.1, -0.05) is 42.5 Å². The second-order valence-corrected chi connectivity index (χ2v) is 11.7. The molecule has 3 heterocycles. The number of para-hydroxylation sites is 1. The van der Waals surface area contributed by atoms with E-state index in [2.05, 4.69) is 5.32 Å². The molecule has 44 heavy (non-hydrogen) atoms. The van der Waals surface area contributed by atoms with Crippen LogP contribution >= 0.6 is 0 Å². The molecule has 4 atom stereocenters. The number of ether oxygens (including phenoxy) is 2. The Bertz CT molecular complexity index is 1810. The van der Waals surface area contributed by atoms with Crippen molar-refractivity contribution in [1.29, 1.82) is 0 Å². The highest BCUT2D eigenvalue weighted by Crippen LogP contribution is 2.62. The van der Waals surface area contributed by atoms with Crippen LogP contribution in [0.3, 0.4) is 0 Å². The fourth-order valence-corrected chi connectivity index (χ4v) is 7.24. The molecule has 4 aromatic carbocycles. The van der Waals surface area contributed by atoms with Gasteiger partial charge in [-0.15, -0.1) is 0 Å². The number of benzene rings is 4. The molecule has 3 aliphatic rings. The maximum Gasteiger partial charge on any atom is 0.238 e. The van der Waals surface area contributed by atoms with E-state index in [1.165, 1.54) is 0 Å². The Morgan fingerprint density at radius 1 is 0.818 bits per heavy atom. The number of Topliss-reactive ketones (excluding diaryl/α,β-unsaturated/α-hetero) is 2. The average molecular weight is 585 g/mol. The van der Waals surface area contributed by atoms with Gasteiger partial charge in [0.1, 0.15) is 23.0 Å². The van der Waals surface area contributed by atoms with E-state index < -0.39 is 23.4 Å². The molecule has 1 saturated heterocycles. The van der Waals surface area contributed by atoms with Crippen molar-refractivity contribution in [3.05, 3.63) is 131 Å². The van der Waals surface area contributed by atoms with E-state index in [0.29, 0.717) is 33.9 Å². The summed E-state index contributed by atoms with van der Waals surface area (Å²) in [5, 5.41) is 3.08. The lowest BCUT2D eigenvalue weighted by Crippen LogP contribution is -2.49. The molecule has 4 aromatic rings. The summed E-state index contributed by atoms with van der Waals surface area (Å²) in [4.78, 5) is 46.1. The fourth-order valence-electron chi connectivity index (χ4n) is 7.24. The van der Waals surface area contributed by atoms with Crippen LogP contribution in [0.5, 0.6) is 11.5 Å². The molecule has 0 radical (unpaired) electrons. The van der Waals surface area contributed by atoms with Crippen molar-refractivity contribution in [2.75, 3.05) is 12.4 Å². The minimum Gasteiger partial charge on any atom is -0.497 e. The van der Waals surface area contributed by atoms with E-state index in [1.54, 1.807) is 55.6 Å². The molecule has 0 aliphatic carbocycles. The molecule has 3 aliphatic heterocycles. The SMILES string of the molecule is COc1ccc(C(=O)C2C(C(=O)c3ccc(OC(C)C)cc3)N3C=Cc4ccccc4C3C23C(=O)Nc2ccccc23)cc1. The first-order chi connectivity index (χ1) is 21.3. The standard InChI is InChI=1S/C37H32N2O5/c1-22(2)44-27-18-14-25(15-19-27)34(41)32-31(33(40)24-12-16-26(43-3)17-13-24)37(29-10-6-7-11-30(29)38-36(37)42)35-28-9-5-4-8-23(28)20-21-39(32)35/h4-22,31-32,35H,1-3H3,(H,38,42). The van der Waals surface area contributed by atoms with E-state index in [0.717, 1.165) is 11.1 Å². The average Bonchev–Trinajstić information content (AvgIpc) is 3.52. The summed E-state index contributed by atoms with van der Waals surface area (Å²) in [5.74, 6) is -0.591. The molecule has 7 nitrogen and oxygen atoms in total. The molecule has 1 fully saturated rings. The largest absolute Gasteiger partial charge is 0.497 e. The Morgan fingerprint density at radius 3 is 2.16 bits per heavy atom. The highest BCUT2D eigenvalue weighted by molar-refractivity contribution is 6.16. The number of rotatable bonds is 7. The zero-order valence-corrected chi connectivity index (χ0v) is 24.7. The third kappa shape index (κ3) is 4.07.